The molecule has 106 valence electrons. The summed E-state index contributed by atoms with van der Waals surface area (Å²) in [5.74, 6) is 0.227. The maximum atomic E-state index is 11.2. The Balaban J connectivity index is 1.64. The van der Waals surface area contributed by atoms with Crippen LogP contribution in [0.2, 0.25) is 0 Å². The second kappa shape index (κ2) is 4.28. The molecule has 4 rings (SSSR count). The molecule has 20 heavy (non-hydrogen) atoms. The zero-order valence-corrected chi connectivity index (χ0v) is 11.0. The fraction of sp³-hybridized carbons (Fsp3) is 0.500. The standard InChI is InChI=1S/C14H17N3O3/c15-8-5-12-11(17-14(18)20-12)6-10(8)16-9-3-4-19-13(9)7-1-2-7/h5-7,9,13,16H,1-4,15H2,(H,17,18). The molecule has 2 atom stereocenters. The Morgan fingerprint density at radius 2 is 2.15 bits per heavy atom. The summed E-state index contributed by atoms with van der Waals surface area (Å²) in [4.78, 5) is 13.9. The molecule has 0 amide bonds. The van der Waals surface area contributed by atoms with Gasteiger partial charge in [-0.2, -0.15) is 0 Å². The quantitative estimate of drug-likeness (QED) is 0.741. The normalized spacial score (nSPS) is 26.2. The van der Waals surface area contributed by atoms with Crippen LogP contribution in [0.3, 0.4) is 0 Å². The number of hydrogen-bond donors (Lipinski definition) is 3. The lowest BCUT2D eigenvalue weighted by Crippen LogP contribution is -2.31. The van der Waals surface area contributed by atoms with E-state index in [1.807, 2.05) is 6.07 Å². The summed E-state index contributed by atoms with van der Waals surface area (Å²) in [5, 5.41) is 3.47. The average molecular weight is 275 g/mol. The van der Waals surface area contributed by atoms with Crippen LogP contribution in [0, 0.1) is 5.92 Å². The minimum Gasteiger partial charge on any atom is -0.408 e. The summed E-state index contributed by atoms with van der Waals surface area (Å²) in [5.41, 5.74) is 8.59. The van der Waals surface area contributed by atoms with E-state index in [1.54, 1.807) is 6.07 Å². The number of H-pyrrole nitrogens is 1. The molecule has 1 aliphatic carbocycles. The molecule has 2 heterocycles. The van der Waals surface area contributed by atoms with Crippen molar-refractivity contribution in [3.63, 3.8) is 0 Å². The van der Waals surface area contributed by atoms with E-state index in [4.69, 9.17) is 14.9 Å². The molecule has 1 aromatic heterocycles. The number of benzene rings is 1. The van der Waals surface area contributed by atoms with E-state index < -0.39 is 5.76 Å². The van der Waals surface area contributed by atoms with Crippen molar-refractivity contribution < 1.29 is 9.15 Å². The topological polar surface area (TPSA) is 93.3 Å². The Labute approximate surface area is 115 Å². The molecule has 0 bridgehead atoms. The SMILES string of the molecule is Nc1cc2oc(=O)[nH]c2cc1NC1CCOC1C1CC1. The highest BCUT2D eigenvalue weighted by molar-refractivity contribution is 5.85. The summed E-state index contributed by atoms with van der Waals surface area (Å²) in [7, 11) is 0. The van der Waals surface area contributed by atoms with Gasteiger partial charge in [0.1, 0.15) is 0 Å². The van der Waals surface area contributed by atoms with Gasteiger partial charge < -0.3 is 20.2 Å². The largest absolute Gasteiger partial charge is 0.417 e. The fourth-order valence-electron chi connectivity index (χ4n) is 2.99. The number of anilines is 2. The van der Waals surface area contributed by atoms with Crippen LogP contribution >= 0.6 is 0 Å². The first-order valence-electron chi connectivity index (χ1n) is 7.01. The molecule has 0 spiro atoms. The van der Waals surface area contributed by atoms with Crippen molar-refractivity contribution in [2.45, 2.75) is 31.4 Å². The van der Waals surface area contributed by atoms with Gasteiger partial charge in [-0.05, 0) is 31.2 Å². The Morgan fingerprint density at radius 1 is 1.30 bits per heavy atom. The predicted octanol–water partition coefficient (Wildman–Crippen LogP) is 1.68. The third-order valence-corrected chi connectivity index (χ3v) is 4.15. The van der Waals surface area contributed by atoms with Crippen molar-refractivity contribution in [2.75, 3.05) is 17.7 Å². The van der Waals surface area contributed by atoms with Crippen molar-refractivity contribution in [1.29, 1.82) is 0 Å². The number of ether oxygens (including phenoxy) is 1. The lowest BCUT2D eigenvalue weighted by atomic mass is 10.1. The predicted molar refractivity (Wildman–Crippen MR) is 75.7 cm³/mol. The van der Waals surface area contributed by atoms with Crippen LogP contribution in [0.1, 0.15) is 19.3 Å². The third kappa shape index (κ3) is 1.96. The van der Waals surface area contributed by atoms with Gasteiger partial charge in [-0.25, -0.2) is 4.79 Å². The molecule has 2 unspecified atom stereocenters. The van der Waals surface area contributed by atoms with E-state index >= 15 is 0 Å². The van der Waals surface area contributed by atoms with Crippen molar-refractivity contribution in [3.05, 3.63) is 22.7 Å². The number of rotatable bonds is 3. The maximum Gasteiger partial charge on any atom is 0.417 e. The molecule has 2 aliphatic rings. The second-order valence-corrected chi connectivity index (χ2v) is 5.66. The molecule has 6 heteroatoms. The Bertz CT molecular complexity index is 701. The summed E-state index contributed by atoms with van der Waals surface area (Å²) in [6.45, 7) is 0.795. The first-order valence-corrected chi connectivity index (χ1v) is 7.01. The number of aromatic nitrogens is 1. The van der Waals surface area contributed by atoms with Gasteiger partial charge in [-0.3, -0.25) is 4.98 Å². The van der Waals surface area contributed by atoms with Crippen LogP contribution in [0.5, 0.6) is 0 Å². The van der Waals surface area contributed by atoms with E-state index in [2.05, 4.69) is 10.3 Å². The number of fused-ring (bicyclic) bond motifs is 1. The highest BCUT2D eigenvalue weighted by atomic mass is 16.5. The zero-order valence-electron chi connectivity index (χ0n) is 11.0. The highest BCUT2D eigenvalue weighted by Crippen LogP contribution is 2.40. The highest BCUT2D eigenvalue weighted by Gasteiger charge is 2.40. The van der Waals surface area contributed by atoms with Crippen LogP contribution in [-0.4, -0.2) is 23.7 Å². The third-order valence-electron chi connectivity index (χ3n) is 4.15. The monoisotopic (exact) mass is 275 g/mol. The fourth-order valence-corrected chi connectivity index (χ4v) is 2.99. The molecule has 1 saturated heterocycles. The lowest BCUT2D eigenvalue weighted by Gasteiger charge is -2.21. The van der Waals surface area contributed by atoms with Crippen molar-refractivity contribution >= 4 is 22.5 Å². The Hall–Kier alpha value is -1.95. The molecular formula is C14H17N3O3. The first kappa shape index (κ1) is 11.8. The van der Waals surface area contributed by atoms with Crippen molar-refractivity contribution in [3.8, 4) is 0 Å². The molecule has 6 nitrogen and oxygen atoms in total. The van der Waals surface area contributed by atoms with Gasteiger partial charge in [0.2, 0.25) is 0 Å². The van der Waals surface area contributed by atoms with Gasteiger partial charge in [0.05, 0.1) is 29.0 Å². The smallest absolute Gasteiger partial charge is 0.408 e. The van der Waals surface area contributed by atoms with E-state index in [-0.39, 0.29) is 6.10 Å². The average Bonchev–Trinajstić information content (AvgIpc) is 3.04. The molecule has 0 radical (unpaired) electrons. The van der Waals surface area contributed by atoms with Crippen molar-refractivity contribution in [2.24, 2.45) is 5.92 Å². The summed E-state index contributed by atoms with van der Waals surface area (Å²) in [6.07, 6.45) is 3.79. The first-order chi connectivity index (χ1) is 9.70. The van der Waals surface area contributed by atoms with E-state index in [9.17, 15) is 4.79 Å². The van der Waals surface area contributed by atoms with E-state index in [0.717, 1.165) is 18.7 Å². The number of hydrogen-bond acceptors (Lipinski definition) is 5. The van der Waals surface area contributed by atoms with Crippen LogP contribution in [0.25, 0.3) is 11.1 Å². The zero-order chi connectivity index (χ0) is 13.7. The van der Waals surface area contributed by atoms with Crippen molar-refractivity contribution in [1.82, 2.24) is 4.98 Å². The van der Waals surface area contributed by atoms with Gasteiger partial charge in [-0.1, -0.05) is 0 Å². The Kier molecular flexibility index (Phi) is 2.53. The van der Waals surface area contributed by atoms with Gasteiger partial charge in [0, 0.05) is 12.7 Å². The van der Waals surface area contributed by atoms with Crippen LogP contribution < -0.4 is 16.8 Å². The van der Waals surface area contributed by atoms with E-state index in [0.29, 0.717) is 28.7 Å². The van der Waals surface area contributed by atoms with Gasteiger partial charge >= 0.3 is 5.76 Å². The molecule has 4 N–H and O–H groups in total. The number of aromatic amines is 1. The summed E-state index contributed by atoms with van der Waals surface area (Å²) >= 11 is 0. The molecule has 2 aromatic rings. The lowest BCUT2D eigenvalue weighted by molar-refractivity contribution is 0.0898. The van der Waals surface area contributed by atoms with Gasteiger partial charge in [0.15, 0.2) is 5.58 Å². The van der Waals surface area contributed by atoms with Crippen LogP contribution in [0.15, 0.2) is 21.3 Å². The Morgan fingerprint density at radius 3 is 2.95 bits per heavy atom. The molecule has 1 aromatic carbocycles. The molecular weight excluding hydrogens is 258 g/mol. The summed E-state index contributed by atoms with van der Waals surface area (Å²) < 4.78 is 10.8. The molecule has 1 saturated carbocycles. The van der Waals surface area contributed by atoms with Crippen LogP contribution in [0.4, 0.5) is 11.4 Å². The molecule has 1 aliphatic heterocycles. The minimum atomic E-state index is -0.461. The van der Waals surface area contributed by atoms with Gasteiger partial charge in [0.25, 0.3) is 0 Å². The summed E-state index contributed by atoms with van der Waals surface area (Å²) in [6, 6.07) is 3.80. The minimum absolute atomic E-state index is 0.286. The number of nitrogens with one attached hydrogen (secondary N) is 2. The second-order valence-electron chi connectivity index (χ2n) is 5.66. The van der Waals surface area contributed by atoms with Crippen LogP contribution in [-0.2, 0) is 4.74 Å². The maximum absolute atomic E-state index is 11.2. The van der Waals surface area contributed by atoms with Gasteiger partial charge in [-0.15, -0.1) is 0 Å². The van der Waals surface area contributed by atoms with E-state index in [1.165, 1.54) is 12.8 Å². The number of oxazole rings is 1. The molecule has 2 fully saturated rings. The number of nitrogen functional groups attached to an aromatic ring is 1. The number of nitrogens with two attached hydrogens (primary N) is 1.